The number of aromatic nitrogens is 1. The van der Waals surface area contributed by atoms with Crippen LogP contribution in [0.1, 0.15) is 27.2 Å². The highest BCUT2D eigenvalue weighted by Gasteiger charge is 2.10. The number of aryl methyl sites for hydroxylation is 2. The zero-order chi connectivity index (χ0) is 15.5. The molecule has 5 heteroatoms. The number of hydrogen-bond acceptors (Lipinski definition) is 4. The predicted molar refractivity (Wildman–Crippen MR) is 86.9 cm³/mol. The molecule has 0 fully saturated rings. The third-order valence-corrected chi connectivity index (χ3v) is 4.06. The largest absolute Gasteiger partial charge is 0.443 e. The maximum atomic E-state index is 12.2. The molecular formula is C17H16N2O2S. The van der Waals surface area contributed by atoms with Crippen LogP contribution in [0.25, 0.3) is 10.8 Å². The van der Waals surface area contributed by atoms with Gasteiger partial charge in [-0.1, -0.05) is 23.3 Å². The minimum absolute atomic E-state index is 0.104. The van der Waals surface area contributed by atoms with E-state index in [0.717, 1.165) is 16.0 Å². The molecule has 0 aliphatic carbocycles. The van der Waals surface area contributed by atoms with Crippen LogP contribution in [0.15, 0.2) is 46.4 Å². The van der Waals surface area contributed by atoms with Gasteiger partial charge in [0.05, 0.1) is 17.1 Å². The van der Waals surface area contributed by atoms with Gasteiger partial charge < -0.3 is 9.73 Å². The first-order valence-electron chi connectivity index (χ1n) is 6.96. The lowest BCUT2D eigenvalue weighted by Crippen LogP contribution is -2.23. The molecule has 0 radical (unpaired) electrons. The zero-order valence-corrected chi connectivity index (χ0v) is 13.2. The molecule has 112 valence electrons. The van der Waals surface area contributed by atoms with Crippen molar-refractivity contribution in [3.8, 4) is 10.8 Å². The van der Waals surface area contributed by atoms with Gasteiger partial charge in [0, 0.05) is 5.56 Å². The van der Waals surface area contributed by atoms with Crippen molar-refractivity contribution in [3.05, 3.63) is 64.4 Å². The summed E-state index contributed by atoms with van der Waals surface area (Å²) in [5.41, 5.74) is 3.53. The summed E-state index contributed by atoms with van der Waals surface area (Å²) in [5, 5.41) is 4.84. The Morgan fingerprint density at radius 2 is 2.05 bits per heavy atom. The molecule has 4 nitrogen and oxygen atoms in total. The Hall–Kier alpha value is -2.40. The molecule has 22 heavy (non-hydrogen) atoms. The Morgan fingerprint density at radius 1 is 1.27 bits per heavy atom. The van der Waals surface area contributed by atoms with Gasteiger partial charge in [0.15, 0.2) is 0 Å². The van der Waals surface area contributed by atoms with Crippen LogP contribution in [0.3, 0.4) is 0 Å². The van der Waals surface area contributed by atoms with Crippen molar-refractivity contribution in [1.82, 2.24) is 10.3 Å². The molecule has 3 rings (SSSR count). The molecule has 1 aromatic carbocycles. The lowest BCUT2D eigenvalue weighted by atomic mass is 10.1. The van der Waals surface area contributed by atoms with Crippen LogP contribution >= 0.6 is 11.3 Å². The number of amides is 1. The number of hydrogen-bond donors (Lipinski definition) is 1. The highest BCUT2D eigenvalue weighted by molar-refractivity contribution is 7.13. The number of rotatable bonds is 4. The van der Waals surface area contributed by atoms with Crippen molar-refractivity contribution in [2.24, 2.45) is 0 Å². The summed E-state index contributed by atoms with van der Waals surface area (Å²) in [6.45, 7) is 4.31. The minimum atomic E-state index is -0.104. The van der Waals surface area contributed by atoms with Crippen LogP contribution in [0, 0.1) is 13.8 Å². The molecule has 0 spiro atoms. The van der Waals surface area contributed by atoms with Gasteiger partial charge >= 0.3 is 0 Å². The predicted octanol–water partition coefficient (Wildman–Crippen LogP) is 3.95. The van der Waals surface area contributed by atoms with E-state index in [0.29, 0.717) is 23.7 Å². The fourth-order valence-corrected chi connectivity index (χ4v) is 2.94. The van der Waals surface area contributed by atoms with Gasteiger partial charge in [-0.3, -0.25) is 4.79 Å². The molecule has 0 aliphatic heterocycles. The number of oxazole rings is 1. The fraction of sp³-hybridized carbons (Fsp3) is 0.176. The molecular weight excluding hydrogens is 296 g/mol. The van der Waals surface area contributed by atoms with E-state index in [9.17, 15) is 4.79 Å². The lowest BCUT2D eigenvalue weighted by molar-refractivity contribution is 0.0950. The topological polar surface area (TPSA) is 55.1 Å². The fourth-order valence-electron chi connectivity index (χ4n) is 2.28. The Morgan fingerprint density at radius 3 is 2.73 bits per heavy atom. The molecule has 0 saturated heterocycles. The summed E-state index contributed by atoms with van der Waals surface area (Å²) in [4.78, 5) is 17.6. The van der Waals surface area contributed by atoms with Gasteiger partial charge in [0.1, 0.15) is 6.26 Å². The highest BCUT2D eigenvalue weighted by Crippen LogP contribution is 2.23. The molecule has 0 unspecified atom stereocenters. The average Bonchev–Trinajstić information content (AvgIpc) is 3.14. The summed E-state index contributed by atoms with van der Waals surface area (Å²) < 4.78 is 5.43. The Kier molecular flexibility index (Phi) is 4.06. The summed E-state index contributed by atoms with van der Waals surface area (Å²) >= 11 is 1.57. The Labute approximate surface area is 132 Å². The van der Waals surface area contributed by atoms with Gasteiger partial charge in [0.25, 0.3) is 5.91 Å². The number of carbonyl (C=O) groups excluding carboxylic acids is 1. The van der Waals surface area contributed by atoms with Crippen LogP contribution in [0.5, 0.6) is 0 Å². The van der Waals surface area contributed by atoms with Crippen LogP contribution < -0.4 is 5.32 Å². The third kappa shape index (κ3) is 3.26. The second-order valence-corrected chi connectivity index (χ2v) is 6.13. The van der Waals surface area contributed by atoms with E-state index in [4.69, 9.17) is 4.42 Å². The molecule has 0 aliphatic rings. The number of thiophene rings is 1. The van der Waals surface area contributed by atoms with Gasteiger partial charge in [-0.05, 0) is 37.4 Å². The first-order chi connectivity index (χ1) is 10.6. The zero-order valence-electron chi connectivity index (χ0n) is 12.4. The minimum Gasteiger partial charge on any atom is -0.443 e. The molecule has 0 bridgehead atoms. The number of nitrogens with one attached hydrogen (secondary N) is 1. The molecule has 0 atom stereocenters. The van der Waals surface area contributed by atoms with Crippen molar-refractivity contribution >= 4 is 17.2 Å². The van der Waals surface area contributed by atoms with Crippen molar-refractivity contribution in [2.75, 3.05) is 0 Å². The normalized spacial score (nSPS) is 10.6. The van der Waals surface area contributed by atoms with E-state index in [-0.39, 0.29) is 5.91 Å². The Balaban J connectivity index is 1.66. The Bertz CT molecular complexity index is 771. The van der Waals surface area contributed by atoms with Crippen molar-refractivity contribution < 1.29 is 9.21 Å². The van der Waals surface area contributed by atoms with E-state index in [2.05, 4.69) is 10.3 Å². The summed E-state index contributed by atoms with van der Waals surface area (Å²) in [5.74, 6) is 0.484. The van der Waals surface area contributed by atoms with E-state index in [1.165, 1.54) is 0 Å². The van der Waals surface area contributed by atoms with Crippen molar-refractivity contribution in [1.29, 1.82) is 0 Å². The second-order valence-electron chi connectivity index (χ2n) is 5.18. The van der Waals surface area contributed by atoms with Gasteiger partial charge in [-0.15, -0.1) is 11.3 Å². The summed E-state index contributed by atoms with van der Waals surface area (Å²) in [7, 11) is 0. The maximum absolute atomic E-state index is 12.2. The first-order valence-corrected chi connectivity index (χ1v) is 7.84. The average molecular weight is 312 g/mol. The molecule has 0 saturated carbocycles. The molecule has 2 aromatic heterocycles. The van der Waals surface area contributed by atoms with Crippen LogP contribution in [-0.4, -0.2) is 10.9 Å². The molecule has 2 heterocycles. The molecule has 1 amide bonds. The van der Waals surface area contributed by atoms with Crippen LogP contribution in [0.4, 0.5) is 0 Å². The molecule has 1 N–H and O–H groups in total. The summed E-state index contributed by atoms with van der Waals surface area (Å²) in [6.07, 6.45) is 1.58. The van der Waals surface area contributed by atoms with E-state index in [1.807, 2.05) is 49.6 Å². The van der Waals surface area contributed by atoms with Gasteiger partial charge in [-0.25, -0.2) is 4.98 Å². The van der Waals surface area contributed by atoms with Crippen molar-refractivity contribution in [2.45, 2.75) is 20.4 Å². The maximum Gasteiger partial charge on any atom is 0.251 e. The first kappa shape index (κ1) is 14.5. The van der Waals surface area contributed by atoms with E-state index >= 15 is 0 Å². The van der Waals surface area contributed by atoms with E-state index in [1.54, 1.807) is 17.6 Å². The highest BCUT2D eigenvalue weighted by atomic mass is 32.1. The number of carbonyl (C=O) groups is 1. The van der Waals surface area contributed by atoms with E-state index < -0.39 is 0 Å². The van der Waals surface area contributed by atoms with Crippen LogP contribution in [0.2, 0.25) is 0 Å². The quantitative estimate of drug-likeness (QED) is 0.793. The molecule has 3 aromatic rings. The van der Waals surface area contributed by atoms with Gasteiger partial charge in [0.2, 0.25) is 5.89 Å². The van der Waals surface area contributed by atoms with Gasteiger partial charge in [-0.2, -0.15) is 0 Å². The monoisotopic (exact) mass is 312 g/mol. The number of benzene rings is 1. The number of nitrogens with zero attached hydrogens (tertiary/aromatic N) is 1. The standard InChI is InChI=1S/C17H16N2O2S/c1-11-6-12(2)8-13(7-11)16(20)18-9-14-10-21-17(19-14)15-4-3-5-22-15/h3-8,10H,9H2,1-2H3,(H,18,20). The van der Waals surface area contributed by atoms with Crippen molar-refractivity contribution in [3.63, 3.8) is 0 Å². The SMILES string of the molecule is Cc1cc(C)cc(C(=O)NCc2coc(-c3cccs3)n2)c1. The smallest absolute Gasteiger partial charge is 0.251 e. The third-order valence-electron chi connectivity index (χ3n) is 3.20. The lowest BCUT2D eigenvalue weighted by Gasteiger charge is -2.05. The van der Waals surface area contributed by atoms with Crippen LogP contribution in [-0.2, 0) is 6.54 Å². The second kappa shape index (κ2) is 6.15. The summed E-state index contributed by atoms with van der Waals surface area (Å²) in [6, 6.07) is 9.70.